The molecule has 6 heteroatoms. The van der Waals surface area contributed by atoms with Gasteiger partial charge in [0.15, 0.2) is 5.13 Å². The summed E-state index contributed by atoms with van der Waals surface area (Å²) in [4.78, 5) is 21.5. The number of anilines is 1. The van der Waals surface area contributed by atoms with E-state index in [9.17, 15) is 4.79 Å². The Hall–Kier alpha value is -2.99. The number of methoxy groups -OCH3 is 1. The Morgan fingerprint density at radius 1 is 1.16 bits per heavy atom. The Bertz CT molecular complexity index is 1100. The highest BCUT2D eigenvalue weighted by atomic mass is 32.1. The van der Waals surface area contributed by atoms with Gasteiger partial charge >= 0.3 is 0 Å². The van der Waals surface area contributed by atoms with E-state index >= 15 is 0 Å². The third kappa shape index (κ3) is 2.70. The molecule has 1 N–H and O–H groups in total. The first kappa shape index (κ1) is 15.5. The number of ether oxygens (including phenoxy) is 1. The first-order valence-electron chi connectivity index (χ1n) is 7.76. The number of benzene rings is 2. The third-order valence-electron chi connectivity index (χ3n) is 4.04. The van der Waals surface area contributed by atoms with Gasteiger partial charge in [0.1, 0.15) is 11.3 Å². The highest BCUT2D eigenvalue weighted by Crippen LogP contribution is 2.36. The van der Waals surface area contributed by atoms with Crippen molar-refractivity contribution in [3.8, 4) is 5.75 Å². The molecule has 0 saturated carbocycles. The van der Waals surface area contributed by atoms with Crippen LogP contribution in [-0.2, 0) is 0 Å². The maximum atomic E-state index is 12.5. The highest BCUT2D eigenvalue weighted by molar-refractivity contribution is 7.22. The third-order valence-corrected chi connectivity index (χ3v) is 4.96. The quantitative estimate of drug-likeness (QED) is 0.595. The van der Waals surface area contributed by atoms with E-state index in [2.05, 4.69) is 15.3 Å². The zero-order chi connectivity index (χ0) is 17.4. The molecule has 0 aliphatic rings. The molecule has 0 aliphatic carbocycles. The van der Waals surface area contributed by atoms with E-state index in [-0.39, 0.29) is 5.91 Å². The molecule has 4 aromatic rings. The number of carbonyl (C=O) groups is 1. The molecule has 25 heavy (non-hydrogen) atoms. The van der Waals surface area contributed by atoms with E-state index in [4.69, 9.17) is 4.74 Å². The summed E-state index contributed by atoms with van der Waals surface area (Å²) in [5.41, 5.74) is 3.15. The van der Waals surface area contributed by atoms with Crippen LogP contribution in [0.5, 0.6) is 5.75 Å². The normalized spacial score (nSPS) is 11.0. The van der Waals surface area contributed by atoms with Crippen LogP contribution in [0.1, 0.15) is 15.9 Å². The molecule has 124 valence electrons. The van der Waals surface area contributed by atoms with Crippen LogP contribution < -0.4 is 10.1 Å². The van der Waals surface area contributed by atoms with Gasteiger partial charge in [0.2, 0.25) is 0 Å². The summed E-state index contributed by atoms with van der Waals surface area (Å²) >= 11 is 1.42. The molecule has 0 radical (unpaired) electrons. The highest BCUT2D eigenvalue weighted by Gasteiger charge is 2.15. The standard InChI is InChI=1S/C19H15N3O2S/c1-11-6-3-4-7-12(11)18(23)22-19-21-17-13-8-5-9-20-16(13)14(24-2)10-15(17)25-19/h3-10H,1-2H3,(H,21,22,23). The van der Waals surface area contributed by atoms with E-state index in [0.29, 0.717) is 16.4 Å². The molecule has 2 heterocycles. The van der Waals surface area contributed by atoms with Gasteiger partial charge < -0.3 is 4.74 Å². The number of fused-ring (bicyclic) bond motifs is 3. The second-order valence-electron chi connectivity index (χ2n) is 5.61. The molecule has 4 rings (SSSR count). The predicted octanol–water partition coefficient (Wildman–Crippen LogP) is 4.41. The molecule has 0 spiro atoms. The van der Waals surface area contributed by atoms with Gasteiger partial charge in [-0.25, -0.2) is 4.98 Å². The van der Waals surface area contributed by atoms with Crippen molar-refractivity contribution in [3.05, 3.63) is 59.8 Å². The number of pyridine rings is 1. The molecule has 2 aromatic carbocycles. The Balaban J connectivity index is 1.78. The van der Waals surface area contributed by atoms with Crippen LogP contribution in [0.25, 0.3) is 21.1 Å². The number of amides is 1. The lowest BCUT2D eigenvalue weighted by atomic mass is 10.1. The number of thiazole rings is 1. The van der Waals surface area contributed by atoms with Crippen molar-refractivity contribution in [1.29, 1.82) is 0 Å². The Morgan fingerprint density at radius 3 is 2.80 bits per heavy atom. The topological polar surface area (TPSA) is 64.1 Å². The van der Waals surface area contributed by atoms with Crippen molar-refractivity contribution in [1.82, 2.24) is 9.97 Å². The van der Waals surface area contributed by atoms with Crippen molar-refractivity contribution in [2.75, 3.05) is 12.4 Å². The van der Waals surface area contributed by atoms with E-state index in [0.717, 1.165) is 26.7 Å². The predicted molar refractivity (Wildman–Crippen MR) is 101 cm³/mol. The molecule has 0 fully saturated rings. The van der Waals surface area contributed by atoms with Crippen LogP contribution in [0, 0.1) is 6.92 Å². The molecule has 0 bridgehead atoms. The monoisotopic (exact) mass is 349 g/mol. The van der Waals surface area contributed by atoms with Crippen molar-refractivity contribution in [2.45, 2.75) is 6.92 Å². The van der Waals surface area contributed by atoms with Gasteiger partial charge in [-0.2, -0.15) is 0 Å². The van der Waals surface area contributed by atoms with E-state index < -0.39 is 0 Å². The number of aryl methyl sites for hydroxylation is 1. The number of rotatable bonds is 3. The van der Waals surface area contributed by atoms with Crippen LogP contribution in [0.3, 0.4) is 0 Å². The number of nitrogens with one attached hydrogen (secondary N) is 1. The first-order valence-corrected chi connectivity index (χ1v) is 8.58. The minimum absolute atomic E-state index is 0.161. The SMILES string of the molecule is COc1cc2sc(NC(=O)c3ccccc3C)nc2c2cccnc12. The molecule has 0 saturated heterocycles. The summed E-state index contributed by atoms with van der Waals surface area (Å²) in [6.07, 6.45) is 1.73. The van der Waals surface area contributed by atoms with Crippen LogP contribution in [0.15, 0.2) is 48.7 Å². The van der Waals surface area contributed by atoms with Crippen molar-refractivity contribution < 1.29 is 9.53 Å². The van der Waals surface area contributed by atoms with Gasteiger partial charge in [-0.3, -0.25) is 15.1 Å². The minimum Gasteiger partial charge on any atom is -0.494 e. The second kappa shape index (κ2) is 6.14. The molecule has 0 unspecified atom stereocenters. The fraction of sp³-hybridized carbons (Fsp3) is 0.105. The lowest BCUT2D eigenvalue weighted by Crippen LogP contribution is -2.12. The van der Waals surface area contributed by atoms with Crippen LogP contribution in [0.2, 0.25) is 0 Å². The summed E-state index contributed by atoms with van der Waals surface area (Å²) < 4.78 is 6.38. The number of aromatic nitrogens is 2. The second-order valence-corrected chi connectivity index (χ2v) is 6.64. The smallest absolute Gasteiger partial charge is 0.257 e. The lowest BCUT2D eigenvalue weighted by Gasteiger charge is -2.04. The van der Waals surface area contributed by atoms with Gasteiger partial charge in [-0.1, -0.05) is 29.5 Å². The number of hydrogen-bond acceptors (Lipinski definition) is 5. The van der Waals surface area contributed by atoms with Crippen LogP contribution in [-0.4, -0.2) is 23.0 Å². The van der Waals surface area contributed by atoms with Gasteiger partial charge in [0.05, 0.1) is 17.3 Å². The number of nitrogens with zero attached hydrogens (tertiary/aromatic N) is 2. The Kier molecular flexibility index (Phi) is 3.82. The fourth-order valence-corrected chi connectivity index (χ4v) is 3.71. The summed E-state index contributed by atoms with van der Waals surface area (Å²) in [5.74, 6) is 0.537. The number of hydrogen-bond donors (Lipinski definition) is 1. The zero-order valence-corrected chi connectivity index (χ0v) is 14.6. The minimum atomic E-state index is -0.161. The van der Waals surface area contributed by atoms with Gasteiger partial charge in [-0.05, 0) is 30.7 Å². The van der Waals surface area contributed by atoms with Crippen LogP contribution in [0.4, 0.5) is 5.13 Å². The Labute approximate surface area is 148 Å². The number of carbonyl (C=O) groups excluding carboxylic acids is 1. The molecular weight excluding hydrogens is 334 g/mol. The summed E-state index contributed by atoms with van der Waals surface area (Å²) in [6, 6.07) is 13.2. The van der Waals surface area contributed by atoms with Gasteiger partial charge in [0, 0.05) is 23.2 Å². The van der Waals surface area contributed by atoms with Crippen molar-refractivity contribution >= 4 is 43.5 Å². The van der Waals surface area contributed by atoms with Crippen molar-refractivity contribution in [2.24, 2.45) is 0 Å². The summed E-state index contributed by atoms with van der Waals surface area (Å²) in [7, 11) is 1.62. The average molecular weight is 349 g/mol. The first-order chi connectivity index (χ1) is 12.2. The van der Waals surface area contributed by atoms with E-state index in [1.165, 1.54) is 11.3 Å². The lowest BCUT2D eigenvalue weighted by molar-refractivity contribution is 0.102. The molecular formula is C19H15N3O2S. The largest absolute Gasteiger partial charge is 0.494 e. The zero-order valence-electron chi connectivity index (χ0n) is 13.7. The molecule has 1 amide bonds. The molecule has 5 nitrogen and oxygen atoms in total. The Morgan fingerprint density at radius 2 is 2.00 bits per heavy atom. The average Bonchev–Trinajstić information content (AvgIpc) is 3.03. The van der Waals surface area contributed by atoms with Crippen molar-refractivity contribution in [3.63, 3.8) is 0 Å². The van der Waals surface area contributed by atoms with Crippen LogP contribution >= 0.6 is 11.3 Å². The van der Waals surface area contributed by atoms with Gasteiger partial charge in [0.25, 0.3) is 5.91 Å². The fourth-order valence-electron chi connectivity index (χ4n) is 2.80. The van der Waals surface area contributed by atoms with E-state index in [1.54, 1.807) is 19.4 Å². The molecule has 0 aliphatic heterocycles. The summed E-state index contributed by atoms with van der Waals surface area (Å²) in [6.45, 7) is 1.91. The maximum absolute atomic E-state index is 12.5. The van der Waals surface area contributed by atoms with Gasteiger partial charge in [-0.15, -0.1) is 0 Å². The summed E-state index contributed by atoms with van der Waals surface area (Å²) in [5, 5.41) is 4.36. The maximum Gasteiger partial charge on any atom is 0.257 e. The molecule has 0 atom stereocenters. The molecule has 2 aromatic heterocycles. The van der Waals surface area contributed by atoms with E-state index in [1.807, 2.05) is 43.3 Å².